The smallest absolute Gasteiger partial charge is 0.244 e. The number of nitrogens with two attached hydrogens (primary N) is 1. The average molecular weight is 372 g/mol. The molecule has 0 aromatic rings. The van der Waals surface area contributed by atoms with E-state index < -0.39 is 12.0 Å². The van der Waals surface area contributed by atoms with Crippen LogP contribution in [0.1, 0.15) is 39.0 Å². The maximum absolute atomic E-state index is 12.6. The lowest BCUT2D eigenvalue weighted by atomic mass is 9.99. The highest BCUT2D eigenvalue weighted by Crippen LogP contribution is 2.12. The largest absolute Gasteiger partial charge is 0.370 e. The monoisotopic (exact) mass is 372 g/mol. The SMILES string of the molecule is CCCC[C@H](CN(O)C=O)C(=O)NC(CCCNC(=N)N)C(=O)N(C)C. The molecule has 0 aromatic carbocycles. The first-order valence-electron chi connectivity index (χ1n) is 8.73. The summed E-state index contributed by atoms with van der Waals surface area (Å²) < 4.78 is 0. The van der Waals surface area contributed by atoms with Crippen LogP contribution < -0.4 is 16.4 Å². The van der Waals surface area contributed by atoms with Crippen molar-refractivity contribution in [2.24, 2.45) is 11.7 Å². The van der Waals surface area contributed by atoms with Gasteiger partial charge in [0.05, 0.1) is 12.5 Å². The van der Waals surface area contributed by atoms with Gasteiger partial charge in [-0.2, -0.15) is 0 Å². The lowest BCUT2D eigenvalue weighted by molar-refractivity contribution is -0.155. The molecule has 0 rings (SSSR count). The molecule has 26 heavy (non-hydrogen) atoms. The molecule has 6 N–H and O–H groups in total. The highest BCUT2D eigenvalue weighted by Gasteiger charge is 2.27. The second-order valence-electron chi connectivity index (χ2n) is 6.34. The predicted molar refractivity (Wildman–Crippen MR) is 97.3 cm³/mol. The molecule has 0 aliphatic carbocycles. The number of likely N-dealkylation sites (N-methyl/N-ethyl adjacent to an activating group) is 1. The van der Waals surface area contributed by atoms with Gasteiger partial charge in [0.25, 0.3) is 0 Å². The highest BCUT2D eigenvalue weighted by atomic mass is 16.5. The Kier molecular flexibility index (Phi) is 11.8. The van der Waals surface area contributed by atoms with Crippen LogP contribution in [0, 0.1) is 11.3 Å². The molecule has 0 fully saturated rings. The normalized spacial score (nSPS) is 12.6. The van der Waals surface area contributed by atoms with Gasteiger partial charge in [0, 0.05) is 20.6 Å². The third-order valence-electron chi connectivity index (χ3n) is 3.85. The van der Waals surface area contributed by atoms with Gasteiger partial charge in [0.15, 0.2) is 5.96 Å². The Labute approximate surface area is 154 Å². The molecular formula is C16H32N6O4. The van der Waals surface area contributed by atoms with Crippen LogP contribution in [0.2, 0.25) is 0 Å². The Balaban J connectivity index is 4.92. The van der Waals surface area contributed by atoms with E-state index in [1.807, 2.05) is 6.92 Å². The van der Waals surface area contributed by atoms with Crippen LogP contribution in [-0.4, -0.2) is 72.6 Å². The number of amides is 3. The number of nitrogens with zero attached hydrogens (tertiary/aromatic N) is 2. The number of unbranched alkanes of at least 4 members (excludes halogenated alkanes) is 1. The molecule has 0 aliphatic heterocycles. The minimum Gasteiger partial charge on any atom is -0.370 e. The van der Waals surface area contributed by atoms with Crippen molar-refractivity contribution < 1.29 is 19.6 Å². The predicted octanol–water partition coefficient (Wildman–Crippen LogP) is -0.523. The molecule has 2 atom stereocenters. The summed E-state index contributed by atoms with van der Waals surface area (Å²) >= 11 is 0. The summed E-state index contributed by atoms with van der Waals surface area (Å²) in [5.74, 6) is -1.37. The van der Waals surface area contributed by atoms with Gasteiger partial charge in [0.2, 0.25) is 18.2 Å². The van der Waals surface area contributed by atoms with Crippen molar-refractivity contribution in [3.63, 3.8) is 0 Å². The fraction of sp³-hybridized carbons (Fsp3) is 0.750. The average Bonchev–Trinajstić information content (AvgIpc) is 2.59. The summed E-state index contributed by atoms with van der Waals surface area (Å²) in [7, 11) is 3.21. The number of guanidine groups is 1. The van der Waals surface area contributed by atoms with Crippen molar-refractivity contribution in [2.75, 3.05) is 27.2 Å². The highest BCUT2D eigenvalue weighted by molar-refractivity contribution is 5.88. The quantitative estimate of drug-likeness (QED) is 0.0732. The molecule has 0 aliphatic rings. The summed E-state index contributed by atoms with van der Waals surface area (Å²) in [6.07, 6.45) is 3.29. The molecule has 0 radical (unpaired) electrons. The lowest BCUT2D eigenvalue weighted by Gasteiger charge is -2.25. The Morgan fingerprint density at radius 3 is 2.42 bits per heavy atom. The number of nitrogens with one attached hydrogen (secondary N) is 3. The lowest BCUT2D eigenvalue weighted by Crippen LogP contribution is -2.49. The maximum atomic E-state index is 12.6. The standard InChI is InChI=1S/C16H32N6O4/c1-4-5-7-12(10-22(26)11-23)14(24)20-13(15(25)21(2)3)8-6-9-19-16(17)18/h11-13,26H,4-10H2,1-3H3,(H,20,24)(H4,17,18,19)/t12-,13?/m1/s1. The van der Waals surface area contributed by atoms with E-state index in [-0.39, 0.29) is 30.7 Å². The Morgan fingerprint density at radius 1 is 1.27 bits per heavy atom. The Morgan fingerprint density at radius 2 is 1.92 bits per heavy atom. The van der Waals surface area contributed by atoms with Gasteiger partial charge in [-0.1, -0.05) is 19.8 Å². The second-order valence-corrected chi connectivity index (χ2v) is 6.34. The van der Waals surface area contributed by atoms with E-state index in [0.29, 0.717) is 30.9 Å². The maximum Gasteiger partial charge on any atom is 0.244 e. The summed E-state index contributed by atoms with van der Waals surface area (Å²) in [6.45, 7) is 2.27. The van der Waals surface area contributed by atoms with Crippen LogP contribution in [-0.2, 0) is 14.4 Å². The molecule has 10 heteroatoms. The molecule has 1 unspecified atom stereocenters. The number of rotatable bonds is 13. The van der Waals surface area contributed by atoms with Gasteiger partial charge >= 0.3 is 0 Å². The third kappa shape index (κ3) is 9.82. The number of carbonyl (C=O) groups is 3. The Bertz CT molecular complexity index is 472. The van der Waals surface area contributed by atoms with Gasteiger partial charge in [-0.3, -0.25) is 25.0 Å². The van der Waals surface area contributed by atoms with Crippen LogP contribution >= 0.6 is 0 Å². The fourth-order valence-corrected chi connectivity index (χ4v) is 2.41. The van der Waals surface area contributed by atoms with Crippen molar-refractivity contribution in [3.05, 3.63) is 0 Å². The fourth-order valence-electron chi connectivity index (χ4n) is 2.41. The van der Waals surface area contributed by atoms with Crippen LogP contribution in [0.25, 0.3) is 0 Å². The zero-order valence-electron chi connectivity index (χ0n) is 15.8. The summed E-state index contributed by atoms with van der Waals surface area (Å²) in [6, 6.07) is -0.723. The topological polar surface area (TPSA) is 152 Å². The van der Waals surface area contributed by atoms with Gasteiger partial charge in [0.1, 0.15) is 6.04 Å². The summed E-state index contributed by atoms with van der Waals surface area (Å²) in [5, 5.41) is 22.3. The first-order chi connectivity index (χ1) is 12.2. The minimum absolute atomic E-state index is 0.121. The van der Waals surface area contributed by atoms with Crippen molar-refractivity contribution in [2.45, 2.75) is 45.1 Å². The molecule has 0 spiro atoms. The first-order valence-corrected chi connectivity index (χ1v) is 8.73. The number of hydroxylamine groups is 2. The van der Waals surface area contributed by atoms with E-state index in [1.54, 1.807) is 14.1 Å². The van der Waals surface area contributed by atoms with Gasteiger partial charge < -0.3 is 21.3 Å². The van der Waals surface area contributed by atoms with Crippen LogP contribution in [0.15, 0.2) is 0 Å². The Hall–Kier alpha value is -2.36. The van der Waals surface area contributed by atoms with E-state index in [9.17, 15) is 19.6 Å². The van der Waals surface area contributed by atoms with E-state index in [1.165, 1.54) is 4.90 Å². The van der Waals surface area contributed by atoms with Crippen LogP contribution in [0.5, 0.6) is 0 Å². The van der Waals surface area contributed by atoms with Gasteiger partial charge in [-0.25, -0.2) is 5.06 Å². The first kappa shape index (κ1) is 23.6. The van der Waals surface area contributed by atoms with Gasteiger partial charge in [-0.05, 0) is 19.3 Å². The minimum atomic E-state index is -0.723. The number of hydrogen-bond acceptors (Lipinski definition) is 5. The van der Waals surface area contributed by atoms with Crippen LogP contribution in [0.4, 0.5) is 0 Å². The molecule has 150 valence electrons. The van der Waals surface area contributed by atoms with Gasteiger partial charge in [-0.15, -0.1) is 0 Å². The molecule has 0 saturated heterocycles. The van der Waals surface area contributed by atoms with Crippen molar-refractivity contribution in [1.29, 1.82) is 5.41 Å². The van der Waals surface area contributed by atoms with Crippen molar-refractivity contribution >= 4 is 24.2 Å². The van der Waals surface area contributed by atoms with Crippen molar-refractivity contribution in [1.82, 2.24) is 20.6 Å². The molecule has 0 aromatic heterocycles. The third-order valence-corrected chi connectivity index (χ3v) is 3.85. The zero-order chi connectivity index (χ0) is 20.1. The van der Waals surface area contributed by atoms with E-state index in [4.69, 9.17) is 11.1 Å². The molecule has 0 bridgehead atoms. The number of hydrogen-bond donors (Lipinski definition) is 5. The van der Waals surface area contributed by atoms with Crippen molar-refractivity contribution in [3.8, 4) is 0 Å². The molecule has 0 saturated carbocycles. The van der Waals surface area contributed by atoms with Crippen LogP contribution in [0.3, 0.4) is 0 Å². The summed E-state index contributed by atoms with van der Waals surface area (Å²) in [5.41, 5.74) is 5.21. The van der Waals surface area contributed by atoms with E-state index >= 15 is 0 Å². The summed E-state index contributed by atoms with van der Waals surface area (Å²) in [4.78, 5) is 36.9. The molecule has 10 nitrogen and oxygen atoms in total. The number of carbonyl (C=O) groups excluding carboxylic acids is 3. The van der Waals surface area contributed by atoms with E-state index in [2.05, 4.69) is 10.6 Å². The zero-order valence-corrected chi connectivity index (χ0v) is 15.8. The molecule has 3 amide bonds. The second kappa shape index (κ2) is 12.9. The van der Waals surface area contributed by atoms with E-state index in [0.717, 1.165) is 12.8 Å². The molecular weight excluding hydrogens is 340 g/mol. The molecule has 0 heterocycles.